The van der Waals surface area contributed by atoms with Crippen LogP contribution in [0.1, 0.15) is 37.4 Å². The third-order valence-electron chi connectivity index (χ3n) is 6.07. The fourth-order valence-electron chi connectivity index (χ4n) is 4.19. The van der Waals surface area contributed by atoms with Gasteiger partial charge in [0.05, 0.1) is 23.5 Å². The summed E-state index contributed by atoms with van der Waals surface area (Å²) in [5, 5.41) is 8.27. The highest BCUT2D eigenvalue weighted by Crippen LogP contribution is 2.34. The maximum Gasteiger partial charge on any atom is 0.416 e. The van der Waals surface area contributed by atoms with Crippen LogP contribution in [0.5, 0.6) is 5.75 Å². The largest absolute Gasteiger partial charge is 0.488 e. The molecule has 35 heavy (non-hydrogen) atoms. The Bertz CT molecular complexity index is 1340. The predicted molar refractivity (Wildman–Crippen MR) is 126 cm³/mol. The van der Waals surface area contributed by atoms with Gasteiger partial charge in [0.2, 0.25) is 5.91 Å². The topological polar surface area (TPSA) is 102 Å². The molecule has 0 radical (unpaired) electrons. The van der Waals surface area contributed by atoms with Crippen molar-refractivity contribution in [1.82, 2.24) is 14.7 Å². The molecule has 1 aliphatic heterocycles. The van der Waals surface area contributed by atoms with Crippen molar-refractivity contribution in [1.29, 1.82) is 0 Å². The molecule has 2 atom stereocenters. The summed E-state index contributed by atoms with van der Waals surface area (Å²) in [5.41, 5.74) is 4.87. The summed E-state index contributed by atoms with van der Waals surface area (Å²) >= 11 is 0. The highest BCUT2D eigenvalue weighted by atomic mass is 19.4. The van der Waals surface area contributed by atoms with Gasteiger partial charge < -0.3 is 20.7 Å². The SMILES string of the molecule is CC(=O)N1CCC(Oc2ccc3c(=O)n(C)nc(N[C@H](C)c4cc(N)cc(C(F)(F)F)c4)c3c2)C1. The van der Waals surface area contributed by atoms with E-state index in [9.17, 15) is 22.8 Å². The first-order valence-corrected chi connectivity index (χ1v) is 11.1. The van der Waals surface area contributed by atoms with Crippen molar-refractivity contribution < 1.29 is 22.7 Å². The van der Waals surface area contributed by atoms with Crippen LogP contribution in [-0.4, -0.2) is 39.8 Å². The Morgan fingerprint density at radius 3 is 2.63 bits per heavy atom. The van der Waals surface area contributed by atoms with Gasteiger partial charge in [0.25, 0.3) is 5.56 Å². The molecule has 0 spiro atoms. The number of anilines is 2. The number of alkyl halides is 3. The molecular weight excluding hydrogens is 463 g/mol. The van der Waals surface area contributed by atoms with Crippen molar-refractivity contribution in [3.8, 4) is 5.75 Å². The zero-order chi connectivity index (χ0) is 25.5. The Balaban J connectivity index is 1.66. The summed E-state index contributed by atoms with van der Waals surface area (Å²) in [6.45, 7) is 4.28. The van der Waals surface area contributed by atoms with Gasteiger partial charge >= 0.3 is 6.18 Å². The maximum absolute atomic E-state index is 13.3. The number of carbonyl (C=O) groups is 1. The maximum atomic E-state index is 13.3. The molecule has 2 heterocycles. The van der Waals surface area contributed by atoms with E-state index >= 15 is 0 Å². The highest BCUT2D eigenvalue weighted by molar-refractivity contribution is 5.92. The molecule has 1 saturated heterocycles. The molecule has 0 saturated carbocycles. The van der Waals surface area contributed by atoms with E-state index in [-0.39, 0.29) is 23.3 Å². The Hall–Kier alpha value is -3.76. The number of fused-ring (bicyclic) bond motifs is 1. The van der Waals surface area contributed by atoms with E-state index in [2.05, 4.69) is 10.4 Å². The fraction of sp³-hybridized carbons (Fsp3) is 0.375. The van der Waals surface area contributed by atoms with Crippen LogP contribution in [0, 0.1) is 0 Å². The second-order valence-electron chi connectivity index (χ2n) is 8.73. The third-order valence-corrected chi connectivity index (χ3v) is 6.07. The number of aromatic nitrogens is 2. The van der Waals surface area contributed by atoms with E-state index in [1.54, 1.807) is 30.0 Å². The van der Waals surface area contributed by atoms with Crippen LogP contribution in [0.4, 0.5) is 24.7 Å². The van der Waals surface area contributed by atoms with Gasteiger partial charge in [0.15, 0.2) is 5.82 Å². The van der Waals surface area contributed by atoms with Crippen LogP contribution in [0.15, 0.2) is 41.2 Å². The fourth-order valence-corrected chi connectivity index (χ4v) is 4.19. The lowest BCUT2D eigenvalue weighted by atomic mass is 10.0. The zero-order valence-electron chi connectivity index (χ0n) is 19.5. The molecule has 1 aromatic heterocycles. The standard InChI is InChI=1S/C24H26F3N5O3/c1-13(15-8-16(24(25,26)27)10-17(28)9-15)29-22-21-11-18(4-5-20(21)23(34)31(3)30-22)35-19-6-7-32(12-19)14(2)33/h4-5,8-11,13,19H,6-7,12,28H2,1-3H3,(H,29,30)/t13-,19?/m1/s1. The molecule has 1 unspecified atom stereocenters. The summed E-state index contributed by atoms with van der Waals surface area (Å²) in [6, 6.07) is 7.77. The average Bonchev–Trinajstić information content (AvgIpc) is 3.25. The zero-order valence-corrected chi connectivity index (χ0v) is 19.5. The smallest absolute Gasteiger partial charge is 0.416 e. The van der Waals surface area contributed by atoms with E-state index < -0.39 is 17.8 Å². The van der Waals surface area contributed by atoms with Gasteiger partial charge in [-0.3, -0.25) is 9.59 Å². The number of carbonyl (C=O) groups excluding carboxylic acids is 1. The number of nitrogens with one attached hydrogen (secondary N) is 1. The first-order chi connectivity index (χ1) is 16.4. The molecule has 1 fully saturated rings. The third kappa shape index (κ3) is 5.18. The number of hydrogen-bond donors (Lipinski definition) is 2. The molecule has 8 nitrogen and oxygen atoms in total. The molecule has 0 aliphatic carbocycles. The van der Waals surface area contributed by atoms with E-state index in [0.29, 0.717) is 47.4 Å². The number of amides is 1. The number of nitrogen functional groups attached to an aromatic ring is 1. The number of hydrogen-bond acceptors (Lipinski definition) is 6. The molecule has 4 rings (SSSR count). The van der Waals surface area contributed by atoms with E-state index in [1.165, 1.54) is 24.7 Å². The number of nitrogens with two attached hydrogens (primary N) is 1. The van der Waals surface area contributed by atoms with Crippen LogP contribution in [0.3, 0.4) is 0 Å². The minimum Gasteiger partial charge on any atom is -0.488 e. The molecule has 3 N–H and O–H groups in total. The molecule has 2 aromatic carbocycles. The monoisotopic (exact) mass is 489 g/mol. The lowest BCUT2D eigenvalue weighted by Crippen LogP contribution is -2.28. The first kappa shape index (κ1) is 24.4. The molecule has 11 heteroatoms. The van der Waals surface area contributed by atoms with Crippen LogP contribution >= 0.6 is 0 Å². The number of rotatable bonds is 5. The summed E-state index contributed by atoms with van der Waals surface area (Å²) in [5.74, 6) is 0.799. The molecule has 3 aromatic rings. The number of halogens is 3. The number of ether oxygens (including phenoxy) is 1. The Kier molecular flexibility index (Phi) is 6.35. The predicted octanol–water partition coefficient (Wildman–Crippen LogP) is 3.71. The molecular formula is C24H26F3N5O3. The van der Waals surface area contributed by atoms with Crippen molar-refractivity contribution in [3.05, 3.63) is 57.9 Å². The summed E-state index contributed by atoms with van der Waals surface area (Å²) in [4.78, 5) is 26.0. The number of benzene rings is 2. The van der Waals surface area contributed by atoms with Crippen molar-refractivity contribution in [2.75, 3.05) is 24.1 Å². The lowest BCUT2D eigenvalue weighted by Gasteiger charge is -2.20. The number of aryl methyl sites for hydroxylation is 1. The summed E-state index contributed by atoms with van der Waals surface area (Å²) in [7, 11) is 1.50. The first-order valence-electron chi connectivity index (χ1n) is 11.1. The molecule has 1 aliphatic rings. The van der Waals surface area contributed by atoms with Gasteiger partial charge in [-0.15, -0.1) is 0 Å². The minimum absolute atomic E-state index is 0.00592. The van der Waals surface area contributed by atoms with Crippen LogP contribution in [-0.2, 0) is 18.0 Å². The summed E-state index contributed by atoms with van der Waals surface area (Å²) < 4.78 is 47.0. The van der Waals surface area contributed by atoms with Crippen molar-refractivity contribution >= 4 is 28.2 Å². The summed E-state index contributed by atoms with van der Waals surface area (Å²) in [6.07, 6.45) is -4.03. The van der Waals surface area contributed by atoms with Gasteiger partial charge in [-0.05, 0) is 48.9 Å². The Labute approximate surface area is 199 Å². The normalized spacial score (nSPS) is 17.0. The molecule has 1 amide bonds. The second kappa shape index (κ2) is 9.12. The molecule has 0 bridgehead atoms. The highest BCUT2D eigenvalue weighted by Gasteiger charge is 2.31. The Morgan fingerprint density at radius 2 is 1.97 bits per heavy atom. The van der Waals surface area contributed by atoms with Gasteiger partial charge in [-0.2, -0.15) is 18.3 Å². The van der Waals surface area contributed by atoms with Crippen LogP contribution in [0.2, 0.25) is 0 Å². The van der Waals surface area contributed by atoms with Crippen LogP contribution < -0.4 is 21.3 Å². The van der Waals surface area contributed by atoms with Gasteiger partial charge in [-0.1, -0.05) is 0 Å². The van der Waals surface area contributed by atoms with Crippen molar-refractivity contribution in [2.45, 2.75) is 38.6 Å². The van der Waals surface area contributed by atoms with E-state index in [4.69, 9.17) is 10.5 Å². The second-order valence-corrected chi connectivity index (χ2v) is 8.73. The van der Waals surface area contributed by atoms with Gasteiger partial charge in [0.1, 0.15) is 11.9 Å². The van der Waals surface area contributed by atoms with Gasteiger partial charge in [0, 0.05) is 38.0 Å². The average molecular weight is 489 g/mol. The lowest BCUT2D eigenvalue weighted by molar-refractivity contribution is -0.137. The van der Waals surface area contributed by atoms with E-state index in [1.807, 2.05) is 0 Å². The quantitative estimate of drug-likeness (QED) is 0.530. The van der Waals surface area contributed by atoms with E-state index in [0.717, 1.165) is 12.1 Å². The number of likely N-dealkylation sites (tertiary alicyclic amines) is 1. The van der Waals surface area contributed by atoms with Crippen LogP contribution in [0.25, 0.3) is 10.8 Å². The number of nitrogens with zero attached hydrogens (tertiary/aromatic N) is 3. The Morgan fingerprint density at radius 1 is 1.23 bits per heavy atom. The van der Waals surface area contributed by atoms with Crippen molar-refractivity contribution in [2.24, 2.45) is 7.05 Å². The molecule has 186 valence electrons. The van der Waals surface area contributed by atoms with Crippen molar-refractivity contribution in [3.63, 3.8) is 0 Å². The van der Waals surface area contributed by atoms with Gasteiger partial charge in [-0.25, -0.2) is 4.68 Å². The minimum atomic E-state index is -4.53.